The molecule has 0 atom stereocenters. The van der Waals surface area contributed by atoms with Crippen molar-refractivity contribution >= 4 is 17.1 Å². The van der Waals surface area contributed by atoms with E-state index in [4.69, 9.17) is 0 Å². The molecule has 1 aromatic heterocycles. The van der Waals surface area contributed by atoms with Crippen LogP contribution < -0.4 is 0 Å². The molecule has 1 fully saturated rings. The van der Waals surface area contributed by atoms with Gasteiger partial charge in [0.15, 0.2) is 0 Å². The lowest BCUT2D eigenvalue weighted by atomic mass is 9.81. The lowest BCUT2D eigenvalue weighted by Gasteiger charge is -2.29. The Hall–Kier alpha value is -0.670. The van der Waals surface area contributed by atoms with E-state index < -0.39 is 5.60 Å². The van der Waals surface area contributed by atoms with E-state index in [-0.39, 0.29) is 5.78 Å². The van der Waals surface area contributed by atoms with E-state index in [2.05, 4.69) is 0 Å². The molecule has 0 bridgehead atoms. The number of carbonyl (C=O) groups excluding carboxylic acids is 1. The number of rotatable bonds is 2. The minimum Gasteiger partial charge on any atom is -0.382 e. The molecule has 1 saturated carbocycles. The van der Waals surface area contributed by atoms with Gasteiger partial charge in [-0.2, -0.15) is 0 Å². The highest BCUT2D eigenvalue weighted by Crippen LogP contribution is 2.32. The smallest absolute Gasteiger partial charge is 0.204 e. The van der Waals surface area contributed by atoms with Gasteiger partial charge in [0, 0.05) is 0 Å². The van der Waals surface area contributed by atoms with Gasteiger partial charge in [-0.15, -0.1) is 11.3 Å². The van der Waals surface area contributed by atoms with Crippen LogP contribution in [0.25, 0.3) is 0 Å². The quantitative estimate of drug-likeness (QED) is 0.762. The Morgan fingerprint density at radius 1 is 1.36 bits per heavy atom. The van der Waals surface area contributed by atoms with Crippen LogP contribution in [-0.2, 0) is 0 Å². The van der Waals surface area contributed by atoms with Gasteiger partial charge in [-0.3, -0.25) is 4.79 Å². The summed E-state index contributed by atoms with van der Waals surface area (Å²) in [4.78, 5) is 12.6. The molecular weight excluding hydrogens is 196 g/mol. The van der Waals surface area contributed by atoms with Gasteiger partial charge >= 0.3 is 0 Å². The number of hydrogen-bond acceptors (Lipinski definition) is 3. The van der Waals surface area contributed by atoms with Gasteiger partial charge in [0.25, 0.3) is 0 Å². The molecule has 1 N–H and O–H groups in total. The fourth-order valence-corrected chi connectivity index (χ4v) is 2.76. The van der Waals surface area contributed by atoms with E-state index >= 15 is 0 Å². The third-order valence-electron chi connectivity index (χ3n) is 2.85. The van der Waals surface area contributed by atoms with E-state index in [9.17, 15) is 9.90 Å². The summed E-state index contributed by atoms with van der Waals surface area (Å²) in [5, 5.41) is 12.0. The topological polar surface area (TPSA) is 37.3 Å². The van der Waals surface area contributed by atoms with Gasteiger partial charge < -0.3 is 5.11 Å². The number of aliphatic hydroxyl groups is 1. The van der Waals surface area contributed by atoms with Crippen molar-refractivity contribution in [2.24, 2.45) is 0 Å². The van der Waals surface area contributed by atoms with Crippen LogP contribution in [0.5, 0.6) is 0 Å². The largest absolute Gasteiger partial charge is 0.382 e. The number of hydrogen-bond donors (Lipinski definition) is 1. The third kappa shape index (κ3) is 1.74. The van der Waals surface area contributed by atoms with Crippen LogP contribution in [-0.4, -0.2) is 16.5 Å². The van der Waals surface area contributed by atoms with E-state index in [0.717, 1.165) is 19.3 Å². The highest BCUT2D eigenvalue weighted by molar-refractivity contribution is 7.12. The van der Waals surface area contributed by atoms with Crippen LogP contribution in [0.2, 0.25) is 0 Å². The zero-order valence-corrected chi connectivity index (χ0v) is 8.85. The lowest BCUT2D eigenvalue weighted by molar-refractivity contribution is 0.0120. The first kappa shape index (κ1) is 9.87. The molecule has 76 valence electrons. The summed E-state index contributed by atoms with van der Waals surface area (Å²) in [6, 6.07) is 3.64. The second-order valence-electron chi connectivity index (χ2n) is 3.90. The second-order valence-corrected chi connectivity index (χ2v) is 4.85. The van der Waals surface area contributed by atoms with Crippen molar-refractivity contribution in [3.8, 4) is 0 Å². The summed E-state index contributed by atoms with van der Waals surface area (Å²) in [6.07, 6.45) is 4.33. The maximum Gasteiger partial charge on any atom is 0.204 e. The van der Waals surface area contributed by atoms with Crippen LogP contribution in [0.15, 0.2) is 17.5 Å². The molecule has 0 radical (unpaired) electrons. The van der Waals surface area contributed by atoms with Crippen molar-refractivity contribution in [3.63, 3.8) is 0 Å². The van der Waals surface area contributed by atoms with Crippen molar-refractivity contribution in [2.75, 3.05) is 0 Å². The van der Waals surface area contributed by atoms with E-state index in [1.807, 2.05) is 11.4 Å². The maximum absolute atomic E-state index is 11.9. The number of Topliss-reactive ketones (excluding diaryl/α,β-unsaturated/α-hetero) is 1. The standard InChI is InChI=1S/C11H14O2S/c12-10(9-5-4-8-14-9)11(13)6-2-1-3-7-11/h4-5,8,13H,1-3,6-7H2. The maximum atomic E-state index is 11.9. The van der Waals surface area contributed by atoms with Crippen LogP contribution >= 0.6 is 11.3 Å². The SMILES string of the molecule is O=C(c1cccs1)C1(O)CCCCC1. The van der Waals surface area contributed by atoms with Gasteiger partial charge in [-0.1, -0.05) is 25.3 Å². The van der Waals surface area contributed by atoms with Crippen molar-refractivity contribution < 1.29 is 9.90 Å². The Morgan fingerprint density at radius 2 is 2.07 bits per heavy atom. The van der Waals surface area contributed by atoms with Gasteiger partial charge in [-0.05, 0) is 24.3 Å². The van der Waals surface area contributed by atoms with E-state index in [1.165, 1.54) is 11.3 Å². The fourth-order valence-electron chi connectivity index (χ4n) is 2.00. The van der Waals surface area contributed by atoms with Crippen LogP contribution in [0.1, 0.15) is 41.8 Å². The summed E-state index contributed by atoms with van der Waals surface area (Å²) in [7, 11) is 0. The molecule has 2 rings (SSSR count). The third-order valence-corrected chi connectivity index (χ3v) is 3.72. The minimum atomic E-state index is -1.07. The second kappa shape index (κ2) is 3.83. The molecule has 14 heavy (non-hydrogen) atoms. The fraction of sp³-hybridized carbons (Fsp3) is 0.545. The molecule has 1 aliphatic rings. The molecule has 2 nitrogen and oxygen atoms in total. The predicted octanol–water partition coefficient (Wildman–Crippen LogP) is 2.63. The first-order valence-electron chi connectivity index (χ1n) is 5.03. The molecule has 0 saturated heterocycles. The van der Waals surface area contributed by atoms with Gasteiger partial charge in [0.1, 0.15) is 5.60 Å². The molecule has 1 heterocycles. The van der Waals surface area contributed by atoms with Crippen molar-refractivity contribution in [3.05, 3.63) is 22.4 Å². The predicted molar refractivity (Wildman–Crippen MR) is 56.7 cm³/mol. The Bertz CT molecular complexity index is 310. The van der Waals surface area contributed by atoms with E-state index in [0.29, 0.717) is 17.7 Å². The summed E-state index contributed by atoms with van der Waals surface area (Å²) in [5.41, 5.74) is -1.07. The highest BCUT2D eigenvalue weighted by atomic mass is 32.1. The minimum absolute atomic E-state index is 0.0767. The van der Waals surface area contributed by atoms with Crippen LogP contribution in [0.3, 0.4) is 0 Å². The average Bonchev–Trinajstić information content (AvgIpc) is 2.70. The van der Waals surface area contributed by atoms with Crippen LogP contribution in [0.4, 0.5) is 0 Å². The Morgan fingerprint density at radius 3 is 2.64 bits per heavy atom. The van der Waals surface area contributed by atoms with Crippen molar-refractivity contribution in [2.45, 2.75) is 37.7 Å². The molecule has 1 aliphatic carbocycles. The number of thiophene rings is 1. The first-order chi connectivity index (χ1) is 6.72. The molecule has 1 aromatic rings. The summed E-state index contributed by atoms with van der Waals surface area (Å²) in [6.45, 7) is 0. The molecule has 0 aromatic carbocycles. The van der Waals surface area contributed by atoms with Crippen LogP contribution in [0, 0.1) is 0 Å². The van der Waals surface area contributed by atoms with E-state index in [1.54, 1.807) is 6.07 Å². The zero-order chi connectivity index (χ0) is 10.0. The Labute approximate surface area is 87.6 Å². The molecule has 0 aliphatic heterocycles. The molecule has 3 heteroatoms. The number of ketones is 1. The first-order valence-corrected chi connectivity index (χ1v) is 5.91. The summed E-state index contributed by atoms with van der Waals surface area (Å²) in [5.74, 6) is -0.0767. The molecular formula is C11H14O2S. The summed E-state index contributed by atoms with van der Waals surface area (Å²) < 4.78 is 0. The number of carbonyl (C=O) groups is 1. The molecule has 0 unspecified atom stereocenters. The van der Waals surface area contributed by atoms with Gasteiger partial charge in [0.05, 0.1) is 4.88 Å². The lowest BCUT2D eigenvalue weighted by Crippen LogP contribution is -2.40. The monoisotopic (exact) mass is 210 g/mol. The molecule has 0 amide bonds. The van der Waals surface area contributed by atoms with Gasteiger partial charge in [0.2, 0.25) is 5.78 Å². The Kier molecular flexibility index (Phi) is 2.70. The van der Waals surface area contributed by atoms with Gasteiger partial charge in [-0.25, -0.2) is 0 Å². The summed E-state index contributed by atoms with van der Waals surface area (Å²) >= 11 is 1.41. The zero-order valence-electron chi connectivity index (χ0n) is 8.03. The average molecular weight is 210 g/mol. The van der Waals surface area contributed by atoms with Crippen molar-refractivity contribution in [1.82, 2.24) is 0 Å². The van der Waals surface area contributed by atoms with Crippen molar-refractivity contribution in [1.29, 1.82) is 0 Å². The normalized spacial score (nSPS) is 20.6. The Balaban J connectivity index is 2.17. The highest BCUT2D eigenvalue weighted by Gasteiger charge is 2.37. The molecule has 0 spiro atoms.